The van der Waals surface area contributed by atoms with Crippen LogP contribution in [-0.2, 0) is 0 Å². The molecule has 0 aliphatic rings. The molecule has 0 fully saturated rings. The molecule has 2 rings (SSSR count). The van der Waals surface area contributed by atoms with E-state index in [4.69, 9.17) is 0 Å². The van der Waals surface area contributed by atoms with Crippen LogP contribution < -0.4 is 5.56 Å². The third-order valence-corrected chi connectivity index (χ3v) is 2.62. The van der Waals surface area contributed by atoms with E-state index in [0.717, 1.165) is 5.56 Å². The first kappa shape index (κ1) is 11.2. The molecular formula is C14H13NO2. The topological polar surface area (TPSA) is 42.2 Å². The van der Waals surface area contributed by atoms with Crippen LogP contribution in [0.25, 0.3) is 0 Å². The summed E-state index contributed by atoms with van der Waals surface area (Å²) in [6.07, 6.45) is 3.32. The van der Waals surface area contributed by atoms with E-state index in [-0.39, 0.29) is 11.8 Å². The minimum absolute atomic E-state index is 0.254. The maximum absolute atomic E-state index is 11.8. The number of pyridine rings is 1. The van der Waals surface area contributed by atoms with Crippen molar-refractivity contribution >= 4 is 0 Å². The molecule has 1 heterocycles. The number of hydrogen-bond acceptors (Lipinski definition) is 2. The highest BCUT2D eigenvalue weighted by Crippen LogP contribution is 2.18. The molecular weight excluding hydrogens is 214 g/mol. The van der Waals surface area contributed by atoms with Crippen LogP contribution in [-0.4, -0.2) is 9.67 Å². The smallest absolute Gasteiger partial charge is 0.293 e. The first-order chi connectivity index (χ1) is 8.24. The monoisotopic (exact) mass is 227 g/mol. The predicted molar refractivity (Wildman–Crippen MR) is 67.1 cm³/mol. The summed E-state index contributed by atoms with van der Waals surface area (Å²) in [5.74, 6) is -0.254. The number of hydrogen-bond donors (Lipinski definition) is 1. The van der Waals surface area contributed by atoms with Gasteiger partial charge in [0.15, 0.2) is 5.75 Å². The lowest BCUT2D eigenvalue weighted by atomic mass is 10.1. The molecule has 0 saturated carbocycles. The van der Waals surface area contributed by atoms with Crippen molar-refractivity contribution in [2.45, 2.75) is 6.04 Å². The van der Waals surface area contributed by atoms with Crippen molar-refractivity contribution in [3.63, 3.8) is 0 Å². The van der Waals surface area contributed by atoms with Gasteiger partial charge in [0.1, 0.15) is 0 Å². The number of nitrogens with zero attached hydrogens (tertiary/aromatic N) is 1. The summed E-state index contributed by atoms with van der Waals surface area (Å²) in [5.41, 5.74) is 0.538. The number of aromatic nitrogens is 1. The van der Waals surface area contributed by atoms with Crippen molar-refractivity contribution < 1.29 is 5.11 Å². The molecule has 3 heteroatoms. The molecule has 1 aromatic heterocycles. The highest BCUT2D eigenvalue weighted by molar-refractivity contribution is 5.26. The molecule has 1 atom stereocenters. The Morgan fingerprint density at radius 3 is 2.53 bits per heavy atom. The molecule has 0 radical (unpaired) electrons. The van der Waals surface area contributed by atoms with Crippen molar-refractivity contribution in [3.8, 4) is 5.75 Å². The van der Waals surface area contributed by atoms with Crippen LogP contribution in [0.4, 0.5) is 0 Å². The van der Waals surface area contributed by atoms with Crippen molar-refractivity contribution in [1.82, 2.24) is 4.57 Å². The highest BCUT2D eigenvalue weighted by Gasteiger charge is 2.11. The second-order valence-corrected chi connectivity index (χ2v) is 3.70. The lowest BCUT2D eigenvalue weighted by Gasteiger charge is -2.16. The predicted octanol–water partition coefficient (Wildman–Crippen LogP) is 2.33. The van der Waals surface area contributed by atoms with Gasteiger partial charge in [0, 0.05) is 6.20 Å². The van der Waals surface area contributed by atoms with Crippen molar-refractivity contribution in [2.75, 3.05) is 0 Å². The van der Waals surface area contributed by atoms with Crippen molar-refractivity contribution in [2.24, 2.45) is 0 Å². The van der Waals surface area contributed by atoms with Gasteiger partial charge in [0.25, 0.3) is 5.56 Å². The zero-order valence-electron chi connectivity index (χ0n) is 9.28. The van der Waals surface area contributed by atoms with Gasteiger partial charge in [0.2, 0.25) is 0 Å². The van der Waals surface area contributed by atoms with Gasteiger partial charge in [-0.3, -0.25) is 4.79 Å². The number of allylic oxidation sites excluding steroid dienone is 1. The van der Waals surface area contributed by atoms with Crippen LogP contribution in [0.3, 0.4) is 0 Å². The summed E-state index contributed by atoms with van der Waals surface area (Å²) in [4.78, 5) is 11.8. The van der Waals surface area contributed by atoms with Crippen LogP contribution >= 0.6 is 0 Å². The zero-order valence-corrected chi connectivity index (χ0v) is 9.28. The molecule has 0 bridgehead atoms. The standard InChI is InChI=1S/C14H13NO2/c1-2-12(11-7-4-3-5-8-11)15-10-6-9-13(16)14(15)17/h2-10,12,16H,1H2/t12-/m0/s1. The third-order valence-electron chi connectivity index (χ3n) is 2.62. The Hall–Kier alpha value is -2.29. The fraction of sp³-hybridized carbons (Fsp3) is 0.0714. The van der Waals surface area contributed by atoms with E-state index in [1.54, 1.807) is 18.3 Å². The van der Waals surface area contributed by atoms with Gasteiger partial charge in [-0.25, -0.2) is 0 Å². The minimum atomic E-state index is -0.416. The molecule has 0 amide bonds. The summed E-state index contributed by atoms with van der Waals surface area (Å²) in [6.45, 7) is 3.74. The maximum atomic E-state index is 11.8. The lowest BCUT2D eigenvalue weighted by molar-refractivity contribution is 0.456. The molecule has 0 saturated heterocycles. The van der Waals surface area contributed by atoms with E-state index >= 15 is 0 Å². The molecule has 1 N–H and O–H groups in total. The Labute approximate surface area is 99.3 Å². The Morgan fingerprint density at radius 2 is 1.88 bits per heavy atom. The van der Waals surface area contributed by atoms with Crippen LogP contribution in [0.5, 0.6) is 5.75 Å². The SMILES string of the molecule is C=C[C@@H](c1ccccc1)n1cccc(O)c1=O. The normalized spacial score (nSPS) is 12.0. The van der Waals surface area contributed by atoms with Gasteiger partial charge in [0.05, 0.1) is 6.04 Å². The van der Waals surface area contributed by atoms with Crippen LogP contribution in [0.2, 0.25) is 0 Å². The lowest BCUT2D eigenvalue weighted by Crippen LogP contribution is -2.23. The van der Waals surface area contributed by atoms with E-state index in [1.165, 1.54) is 10.6 Å². The molecule has 3 nitrogen and oxygen atoms in total. The first-order valence-electron chi connectivity index (χ1n) is 5.31. The fourth-order valence-electron chi connectivity index (χ4n) is 1.78. The molecule has 1 aromatic carbocycles. The van der Waals surface area contributed by atoms with E-state index < -0.39 is 5.56 Å². The fourth-order valence-corrected chi connectivity index (χ4v) is 1.78. The largest absolute Gasteiger partial charge is 0.503 e. The van der Waals surface area contributed by atoms with E-state index in [0.29, 0.717) is 0 Å². The number of rotatable bonds is 3. The Bertz CT molecular complexity index is 572. The average Bonchev–Trinajstić information content (AvgIpc) is 2.37. The molecule has 0 unspecified atom stereocenters. The van der Waals surface area contributed by atoms with E-state index in [2.05, 4.69) is 6.58 Å². The maximum Gasteiger partial charge on any atom is 0.293 e. The minimum Gasteiger partial charge on any atom is -0.503 e. The number of benzene rings is 1. The van der Waals surface area contributed by atoms with Crippen LogP contribution in [0.15, 0.2) is 66.1 Å². The summed E-state index contributed by atoms with van der Waals surface area (Å²) >= 11 is 0. The molecule has 17 heavy (non-hydrogen) atoms. The molecule has 0 aliphatic carbocycles. The number of aromatic hydroxyl groups is 1. The van der Waals surface area contributed by atoms with E-state index in [9.17, 15) is 9.90 Å². The summed E-state index contributed by atoms with van der Waals surface area (Å²) in [7, 11) is 0. The van der Waals surface area contributed by atoms with Gasteiger partial charge < -0.3 is 9.67 Å². The average molecular weight is 227 g/mol. The van der Waals surface area contributed by atoms with Crippen LogP contribution in [0, 0.1) is 0 Å². The zero-order chi connectivity index (χ0) is 12.3. The van der Waals surface area contributed by atoms with Crippen molar-refractivity contribution in [3.05, 3.63) is 77.2 Å². The van der Waals surface area contributed by atoms with Gasteiger partial charge in [-0.2, -0.15) is 0 Å². The van der Waals surface area contributed by atoms with Crippen LogP contribution in [0.1, 0.15) is 11.6 Å². The van der Waals surface area contributed by atoms with E-state index in [1.807, 2.05) is 30.3 Å². The van der Waals surface area contributed by atoms with Gasteiger partial charge in [-0.05, 0) is 17.7 Å². The Morgan fingerprint density at radius 1 is 1.18 bits per heavy atom. The summed E-state index contributed by atoms with van der Waals surface area (Å²) in [6, 6.07) is 12.3. The molecule has 86 valence electrons. The molecule has 2 aromatic rings. The van der Waals surface area contributed by atoms with Crippen molar-refractivity contribution in [1.29, 1.82) is 0 Å². The Balaban J connectivity index is 2.54. The molecule has 0 aliphatic heterocycles. The highest BCUT2D eigenvalue weighted by atomic mass is 16.3. The van der Waals surface area contributed by atoms with Gasteiger partial charge in [-0.1, -0.05) is 36.4 Å². The van der Waals surface area contributed by atoms with Gasteiger partial charge in [-0.15, -0.1) is 6.58 Å². The quantitative estimate of drug-likeness (QED) is 0.818. The second-order valence-electron chi connectivity index (χ2n) is 3.70. The molecule has 0 spiro atoms. The summed E-state index contributed by atoms with van der Waals surface area (Å²) < 4.78 is 1.46. The summed E-state index contributed by atoms with van der Waals surface area (Å²) in [5, 5.41) is 9.42. The van der Waals surface area contributed by atoms with Gasteiger partial charge >= 0.3 is 0 Å². The second kappa shape index (κ2) is 4.70. The Kier molecular flexibility index (Phi) is 3.10. The third kappa shape index (κ3) is 2.13. The first-order valence-corrected chi connectivity index (χ1v) is 5.31.